The Kier molecular flexibility index (Phi) is 3.06. The third-order valence-electron chi connectivity index (χ3n) is 3.90. The predicted molar refractivity (Wildman–Crippen MR) is 73.8 cm³/mol. The van der Waals surface area contributed by atoms with Crippen molar-refractivity contribution < 1.29 is 0 Å². The van der Waals surface area contributed by atoms with Gasteiger partial charge in [-0.1, -0.05) is 35.4 Å². The first kappa shape index (κ1) is 11.4. The van der Waals surface area contributed by atoms with Crippen LogP contribution in [0.15, 0.2) is 30.4 Å². The lowest BCUT2D eigenvalue weighted by Crippen LogP contribution is -2.18. The van der Waals surface area contributed by atoms with Crippen LogP contribution in [0.25, 0.3) is 0 Å². The van der Waals surface area contributed by atoms with Gasteiger partial charge >= 0.3 is 0 Å². The van der Waals surface area contributed by atoms with E-state index in [4.69, 9.17) is 23.2 Å². The zero-order chi connectivity index (χ0) is 11.8. The van der Waals surface area contributed by atoms with Crippen LogP contribution in [0.3, 0.4) is 0 Å². The second-order valence-electron chi connectivity index (χ2n) is 5.05. The summed E-state index contributed by atoms with van der Waals surface area (Å²) in [6.07, 6.45) is 7.44. The lowest BCUT2D eigenvalue weighted by Gasteiger charge is -2.19. The molecule has 0 aliphatic heterocycles. The van der Waals surface area contributed by atoms with E-state index in [0.717, 1.165) is 30.0 Å². The smallest absolute Gasteiger partial charge is 0.0612 e. The third kappa shape index (κ3) is 2.31. The molecule has 17 heavy (non-hydrogen) atoms. The fourth-order valence-corrected chi connectivity index (χ4v) is 3.28. The Balaban J connectivity index is 1.61. The van der Waals surface area contributed by atoms with Crippen molar-refractivity contribution in [1.29, 1.82) is 0 Å². The predicted octanol–water partition coefficient (Wildman–Crippen LogP) is 4.62. The number of anilines is 1. The summed E-state index contributed by atoms with van der Waals surface area (Å²) in [6.45, 7) is 1.03. The SMILES string of the molecule is Clc1ccc(NCC2CC3C=CC2C3)cc1Cl. The number of hydrogen-bond donors (Lipinski definition) is 1. The van der Waals surface area contributed by atoms with Gasteiger partial charge in [-0.2, -0.15) is 0 Å². The minimum atomic E-state index is 0.611. The summed E-state index contributed by atoms with van der Waals surface area (Å²) < 4.78 is 0. The van der Waals surface area contributed by atoms with E-state index in [2.05, 4.69) is 17.5 Å². The topological polar surface area (TPSA) is 12.0 Å². The lowest BCUT2D eigenvalue weighted by molar-refractivity contribution is 0.472. The monoisotopic (exact) mass is 267 g/mol. The molecular formula is C14H15Cl2N. The van der Waals surface area contributed by atoms with Gasteiger partial charge in [0.1, 0.15) is 0 Å². The molecule has 3 rings (SSSR count). The van der Waals surface area contributed by atoms with Gasteiger partial charge < -0.3 is 5.32 Å². The molecule has 1 fully saturated rings. The van der Waals surface area contributed by atoms with E-state index in [0.29, 0.717) is 10.0 Å². The molecule has 0 spiro atoms. The van der Waals surface area contributed by atoms with Gasteiger partial charge in [-0.15, -0.1) is 0 Å². The van der Waals surface area contributed by atoms with E-state index in [1.54, 1.807) is 0 Å². The number of halogens is 2. The maximum absolute atomic E-state index is 5.99. The summed E-state index contributed by atoms with van der Waals surface area (Å²) in [5, 5.41) is 4.69. The Bertz CT molecular complexity index is 456. The molecule has 0 amide bonds. The number of allylic oxidation sites excluding steroid dienone is 2. The molecule has 90 valence electrons. The Morgan fingerprint density at radius 2 is 2.00 bits per heavy atom. The third-order valence-corrected chi connectivity index (χ3v) is 4.64. The second-order valence-corrected chi connectivity index (χ2v) is 5.86. The second kappa shape index (κ2) is 4.55. The molecule has 3 heteroatoms. The number of benzene rings is 1. The summed E-state index contributed by atoms with van der Waals surface area (Å²) in [5.74, 6) is 2.40. The summed E-state index contributed by atoms with van der Waals surface area (Å²) in [4.78, 5) is 0. The molecule has 0 heterocycles. The van der Waals surface area contributed by atoms with E-state index >= 15 is 0 Å². The van der Waals surface area contributed by atoms with Crippen LogP contribution in [0.2, 0.25) is 10.0 Å². The van der Waals surface area contributed by atoms with Gasteiger partial charge in [-0.05, 0) is 48.8 Å². The number of fused-ring (bicyclic) bond motifs is 2. The van der Waals surface area contributed by atoms with Crippen molar-refractivity contribution in [2.45, 2.75) is 12.8 Å². The molecule has 0 radical (unpaired) electrons. The highest BCUT2D eigenvalue weighted by molar-refractivity contribution is 6.42. The van der Waals surface area contributed by atoms with Crippen molar-refractivity contribution in [3.63, 3.8) is 0 Å². The molecule has 1 nitrogen and oxygen atoms in total. The van der Waals surface area contributed by atoms with E-state index in [9.17, 15) is 0 Å². The van der Waals surface area contributed by atoms with Gasteiger partial charge in [0.2, 0.25) is 0 Å². The maximum atomic E-state index is 5.99. The van der Waals surface area contributed by atoms with Crippen molar-refractivity contribution in [2.75, 3.05) is 11.9 Å². The van der Waals surface area contributed by atoms with E-state index in [1.807, 2.05) is 18.2 Å². The van der Waals surface area contributed by atoms with Gasteiger partial charge in [-0.25, -0.2) is 0 Å². The largest absolute Gasteiger partial charge is 0.385 e. The Morgan fingerprint density at radius 1 is 1.12 bits per heavy atom. The van der Waals surface area contributed by atoms with Crippen LogP contribution in [0.1, 0.15) is 12.8 Å². The van der Waals surface area contributed by atoms with Crippen molar-refractivity contribution in [2.24, 2.45) is 17.8 Å². The first-order chi connectivity index (χ1) is 8.22. The van der Waals surface area contributed by atoms with Crippen LogP contribution in [-0.2, 0) is 0 Å². The number of rotatable bonds is 3. The molecule has 1 N–H and O–H groups in total. The standard InChI is InChI=1S/C14H15Cl2N/c15-13-4-3-12(7-14(13)16)17-8-11-6-9-1-2-10(11)5-9/h1-4,7,9-11,17H,5-6,8H2. The summed E-state index contributed by atoms with van der Waals surface area (Å²) >= 11 is 11.9. The van der Waals surface area contributed by atoms with Gasteiger partial charge in [-0.3, -0.25) is 0 Å². The molecule has 1 aromatic carbocycles. The van der Waals surface area contributed by atoms with Gasteiger partial charge in [0, 0.05) is 12.2 Å². The van der Waals surface area contributed by atoms with Crippen LogP contribution in [0.5, 0.6) is 0 Å². The zero-order valence-electron chi connectivity index (χ0n) is 9.50. The highest BCUT2D eigenvalue weighted by Crippen LogP contribution is 2.43. The van der Waals surface area contributed by atoms with Crippen molar-refractivity contribution >= 4 is 28.9 Å². The summed E-state index contributed by atoms with van der Waals surface area (Å²) in [5.41, 5.74) is 1.06. The maximum Gasteiger partial charge on any atom is 0.0612 e. The van der Waals surface area contributed by atoms with E-state index in [1.165, 1.54) is 12.8 Å². The van der Waals surface area contributed by atoms with Crippen molar-refractivity contribution in [3.05, 3.63) is 40.4 Å². The lowest BCUT2D eigenvalue weighted by atomic mass is 9.93. The molecule has 0 saturated heterocycles. The van der Waals surface area contributed by atoms with Gasteiger partial charge in [0.05, 0.1) is 10.0 Å². The summed E-state index contributed by atoms with van der Waals surface area (Å²) in [7, 11) is 0. The van der Waals surface area contributed by atoms with Crippen LogP contribution < -0.4 is 5.32 Å². The zero-order valence-corrected chi connectivity index (χ0v) is 11.0. The van der Waals surface area contributed by atoms with E-state index in [-0.39, 0.29) is 0 Å². The van der Waals surface area contributed by atoms with Crippen LogP contribution >= 0.6 is 23.2 Å². The average Bonchev–Trinajstić information content (AvgIpc) is 2.92. The fourth-order valence-electron chi connectivity index (χ4n) is 2.98. The van der Waals surface area contributed by atoms with Crippen molar-refractivity contribution in [1.82, 2.24) is 0 Å². The van der Waals surface area contributed by atoms with Gasteiger partial charge in [0.15, 0.2) is 0 Å². The van der Waals surface area contributed by atoms with Gasteiger partial charge in [0.25, 0.3) is 0 Å². The Hall–Kier alpha value is -0.660. The molecule has 1 aromatic rings. The minimum absolute atomic E-state index is 0.611. The molecule has 2 aliphatic carbocycles. The quantitative estimate of drug-likeness (QED) is 0.789. The van der Waals surface area contributed by atoms with Crippen LogP contribution in [0.4, 0.5) is 5.69 Å². The van der Waals surface area contributed by atoms with Crippen molar-refractivity contribution in [3.8, 4) is 0 Å². The molecule has 3 atom stereocenters. The Labute approximate surface area is 112 Å². The highest BCUT2D eigenvalue weighted by Gasteiger charge is 2.35. The number of nitrogens with one attached hydrogen (secondary N) is 1. The van der Waals surface area contributed by atoms with Crippen LogP contribution in [-0.4, -0.2) is 6.54 Å². The minimum Gasteiger partial charge on any atom is -0.385 e. The molecule has 2 aliphatic rings. The van der Waals surface area contributed by atoms with E-state index < -0.39 is 0 Å². The fraction of sp³-hybridized carbons (Fsp3) is 0.429. The molecule has 3 unspecified atom stereocenters. The first-order valence-electron chi connectivity index (χ1n) is 6.09. The van der Waals surface area contributed by atoms with Crippen LogP contribution in [0, 0.1) is 17.8 Å². The molecule has 2 bridgehead atoms. The normalized spacial score (nSPS) is 29.9. The number of hydrogen-bond acceptors (Lipinski definition) is 1. The first-order valence-corrected chi connectivity index (χ1v) is 6.85. The molecule has 0 aromatic heterocycles. The summed E-state index contributed by atoms with van der Waals surface area (Å²) in [6, 6.07) is 5.72. The average molecular weight is 268 g/mol. The highest BCUT2D eigenvalue weighted by atomic mass is 35.5. The Morgan fingerprint density at radius 3 is 2.65 bits per heavy atom. The molecule has 1 saturated carbocycles. The molecular weight excluding hydrogens is 253 g/mol.